The van der Waals surface area contributed by atoms with Crippen LogP contribution >= 0.6 is 0 Å². The molecule has 1 saturated heterocycles. The van der Waals surface area contributed by atoms with Crippen molar-refractivity contribution in [1.29, 1.82) is 0 Å². The molecule has 0 spiro atoms. The molecule has 3 rings (SSSR count). The quantitative estimate of drug-likeness (QED) is 0.837. The number of benzene rings is 2. The molecule has 6 heteroatoms. The van der Waals surface area contributed by atoms with E-state index in [-0.39, 0.29) is 29.7 Å². The van der Waals surface area contributed by atoms with Crippen LogP contribution in [0.15, 0.2) is 42.5 Å². The summed E-state index contributed by atoms with van der Waals surface area (Å²) in [5.74, 6) is -2.22. The van der Waals surface area contributed by atoms with Crippen molar-refractivity contribution >= 4 is 5.91 Å². The topological polar surface area (TPSA) is 29.5 Å². The van der Waals surface area contributed by atoms with Crippen molar-refractivity contribution in [3.05, 3.63) is 71.0 Å². The van der Waals surface area contributed by atoms with Gasteiger partial charge in [-0.2, -0.15) is 0 Å². The first kappa shape index (κ1) is 17.5. The van der Waals surface area contributed by atoms with E-state index in [0.717, 1.165) is 18.9 Å². The van der Waals surface area contributed by atoms with E-state index in [4.69, 9.17) is 4.74 Å². The second-order valence-electron chi connectivity index (χ2n) is 6.04. The van der Waals surface area contributed by atoms with E-state index in [1.54, 1.807) is 11.0 Å². The molecule has 0 saturated carbocycles. The lowest BCUT2D eigenvalue weighted by Crippen LogP contribution is -2.43. The molecule has 0 N–H and O–H groups in total. The van der Waals surface area contributed by atoms with Crippen LogP contribution in [0, 0.1) is 17.5 Å². The number of likely N-dealkylation sites (tertiary alicyclic amines) is 1. The normalized spacial score (nSPS) is 17.6. The third-order valence-corrected chi connectivity index (χ3v) is 4.26. The minimum absolute atomic E-state index is 0.00148. The van der Waals surface area contributed by atoms with Crippen LogP contribution in [0.5, 0.6) is 0 Å². The average Bonchev–Trinajstić information content (AvgIpc) is 2.61. The Bertz CT molecular complexity index is 766. The Labute approximate surface area is 144 Å². The van der Waals surface area contributed by atoms with E-state index >= 15 is 0 Å². The molecule has 1 atom stereocenters. The number of piperidine rings is 1. The first-order valence-electron chi connectivity index (χ1n) is 8.14. The maximum Gasteiger partial charge on any atom is 0.256 e. The van der Waals surface area contributed by atoms with Crippen molar-refractivity contribution in [2.45, 2.75) is 25.6 Å². The predicted molar refractivity (Wildman–Crippen MR) is 86.5 cm³/mol. The molecule has 1 aliphatic rings. The summed E-state index contributed by atoms with van der Waals surface area (Å²) in [5.41, 5.74) is 0.298. The Hall–Kier alpha value is -2.34. The molecular weight excluding hydrogens is 331 g/mol. The lowest BCUT2D eigenvalue weighted by Gasteiger charge is -2.32. The van der Waals surface area contributed by atoms with Crippen molar-refractivity contribution in [3.63, 3.8) is 0 Å². The number of halogens is 3. The highest BCUT2D eigenvalue weighted by Gasteiger charge is 2.26. The molecule has 0 aromatic heterocycles. The first-order valence-corrected chi connectivity index (χ1v) is 8.14. The highest BCUT2D eigenvalue weighted by molar-refractivity contribution is 5.94. The first-order chi connectivity index (χ1) is 12.0. The van der Waals surface area contributed by atoms with Gasteiger partial charge in [-0.25, -0.2) is 13.2 Å². The molecule has 1 unspecified atom stereocenters. The summed E-state index contributed by atoms with van der Waals surface area (Å²) in [7, 11) is 0. The maximum absolute atomic E-state index is 13.8. The van der Waals surface area contributed by atoms with Gasteiger partial charge in [-0.15, -0.1) is 0 Å². The van der Waals surface area contributed by atoms with Crippen molar-refractivity contribution in [2.75, 3.05) is 13.1 Å². The second kappa shape index (κ2) is 7.70. The van der Waals surface area contributed by atoms with Gasteiger partial charge in [0, 0.05) is 24.7 Å². The largest absolute Gasteiger partial charge is 0.372 e. The Morgan fingerprint density at radius 2 is 1.92 bits per heavy atom. The highest BCUT2D eigenvalue weighted by atomic mass is 19.1. The number of rotatable bonds is 4. The lowest BCUT2D eigenvalue weighted by molar-refractivity contribution is -0.00776. The van der Waals surface area contributed by atoms with Crippen molar-refractivity contribution < 1.29 is 22.7 Å². The fourth-order valence-corrected chi connectivity index (χ4v) is 2.91. The van der Waals surface area contributed by atoms with Gasteiger partial charge in [-0.3, -0.25) is 4.79 Å². The Kier molecular flexibility index (Phi) is 5.38. The van der Waals surface area contributed by atoms with Crippen LogP contribution in [0.3, 0.4) is 0 Å². The van der Waals surface area contributed by atoms with Gasteiger partial charge in [0.15, 0.2) is 0 Å². The average molecular weight is 349 g/mol. The third kappa shape index (κ3) is 4.20. The monoisotopic (exact) mass is 349 g/mol. The molecular formula is C19H18F3NO2. The Morgan fingerprint density at radius 1 is 1.12 bits per heavy atom. The minimum atomic E-state index is -0.657. The molecule has 1 amide bonds. The predicted octanol–water partition coefficient (Wildman–Crippen LogP) is 3.93. The van der Waals surface area contributed by atoms with Crippen LogP contribution in [0.2, 0.25) is 0 Å². The fourth-order valence-electron chi connectivity index (χ4n) is 2.91. The number of ether oxygens (including phenoxy) is 1. The van der Waals surface area contributed by atoms with Gasteiger partial charge in [0.05, 0.1) is 18.3 Å². The molecule has 0 radical (unpaired) electrons. The smallest absolute Gasteiger partial charge is 0.256 e. The summed E-state index contributed by atoms with van der Waals surface area (Å²) in [6.45, 7) is 0.840. The van der Waals surface area contributed by atoms with Gasteiger partial charge in [-0.1, -0.05) is 18.2 Å². The van der Waals surface area contributed by atoms with Gasteiger partial charge < -0.3 is 9.64 Å². The summed E-state index contributed by atoms with van der Waals surface area (Å²) >= 11 is 0. The SMILES string of the molecule is O=C(c1ccccc1F)N1CCCC(OCc2ccc(F)cc2F)C1. The Morgan fingerprint density at radius 3 is 2.68 bits per heavy atom. The second-order valence-corrected chi connectivity index (χ2v) is 6.04. The van der Waals surface area contributed by atoms with Crippen molar-refractivity contribution in [3.8, 4) is 0 Å². The van der Waals surface area contributed by atoms with E-state index in [2.05, 4.69) is 0 Å². The van der Waals surface area contributed by atoms with Crippen LogP contribution in [0.4, 0.5) is 13.2 Å². The molecule has 0 bridgehead atoms. The maximum atomic E-state index is 13.8. The number of carbonyl (C=O) groups is 1. The van der Waals surface area contributed by atoms with E-state index < -0.39 is 17.5 Å². The van der Waals surface area contributed by atoms with Crippen LogP contribution in [-0.4, -0.2) is 30.0 Å². The standard InChI is InChI=1S/C19H18F3NO2/c20-14-8-7-13(18(22)10-14)12-25-15-4-3-9-23(11-15)19(24)16-5-1-2-6-17(16)21/h1-2,5-8,10,15H,3-4,9,11-12H2. The zero-order chi connectivity index (χ0) is 17.8. The lowest BCUT2D eigenvalue weighted by atomic mass is 10.1. The molecule has 2 aromatic carbocycles. The number of amides is 1. The van der Waals surface area contributed by atoms with Gasteiger partial charge in [0.25, 0.3) is 5.91 Å². The molecule has 1 aliphatic heterocycles. The number of hydrogen-bond acceptors (Lipinski definition) is 2. The molecule has 2 aromatic rings. The molecule has 1 fully saturated rings. The fraction of sp³-hybridized carbons (Fsp3) is 0.316. The highest BCUT2D eigenvalue weighted by Crippen LogP contribution is 2.19. The zero-order valence-electron chi connectivity index (χ0n) is 13.6. The number of hydrogen-bond donors (Lipinski definition) is 0. The number of nitrogens with zero attached hydrogens (tertiary/aromatic N) is 1. The van der Waals surface area contributed by atoms with Crippen LogP contribution < -0.4 is 0 Å². The molecule has 0 aliphatic carbocycles. The summed E-state index contributed by atoms with van der Waals surface area (Å²) in [6.07, 6.45) is 1.18. The summed E-state index contributed by atoms with van der Waals surface area (Å²) in [5, 5.41) is 0. The Balaban J connectivity index is 1.61. The van der Waals surface area contributed by atoms with E-state index in [9.17, 15) is 18.0 Å². The van der Waals surface area contributed by atoms with Crippen molar-refractivity contribution in [1.82, 2.24) is 4.90 Å². The summed E-state index contributed by atoms with van der Waals surface area (Å²) in [6, 6.07) is 9.19. The molecule has 1 heterocycles. The van der Waals surface area contributed by atoms with Crippen LogP contribution in [0.25, 0.3) is 0 Å². The van der Waals surface area contributed by atoms with Crippen LogP contribution in [-0.2, 0) is 11.3 Å². The molecule has 25 heavy (non-hydrogen) atoms. The molecule has 3 nitrogen and oxygen atoms in total. The third-order valence-electron chi connectivity index (χ3n) is 4.26. The van der Waals surface area contributed by atoms with Crippen molar-refractivity contribution in [2.24, 2.45) is 0 Å². The van der Waals surface area contributed by atoms with Crippen LogP contribution in [0.1, 0.15) is 28.8 Å². The van der Waals surface area contributed by atoms with Gasteiger partial charge in [0.2, 0.25) is 0 Å². The minimum Gasteiger partial charge on any atom is -0.372 e. The zero-order valence-corrected chi connectivity index (χ0v) is 13.6. The van der Waals surface area contributed by atoms with E-state index in [0.29, 0.717) is 13.1 Å². The number of carbonyl (C=O) groups excluding carboxylic acids is 1. The van der Waals surface area contributed by atoms with Gasteiger partial charge in [-0.05, 0) is 31.0 Å². The van der Waals surface area contributed by atoms with Gasteiger partial charge >= 0.3 is 0 Å². The van der Waals surface area contributed by atoms with E-state index in [1.807, 2.05) is 0 Å². The van der Waals surface area contributed by atoms with Gasteiger partial charge in [0.1, 0.15) is 17.5 Å². The molecule has 132 valence electrons. The van der Waals surface area contributed by atoms with E-state index in [1.165, 1.54) is 30.3 Å². The summed E-state index contributed by atoms with van der Waals surface area (Å²) < 4.78 is 46.0. The summed E-state index contributed by atoms with van der Waals surface area (Å²) in [4.78, 5) is 14.0.